The first-order chi connectivity index (χ1) is 9.30. The molecule has 5 heteroatoms. The molecule has 1 rings (SSSR count). The van der Waals surface area contributed by atoms with Gasteiger partial charge in [0.15, 0.2) is 0 Å². The Balaban J connectivity index is 2.16. The average molecular weight is 284 g/mol. The molecule has 2 amide bonds. The molecule has 1 aliphatic rings. The van der Waals surface area contributed by atoms with Crippen molar-refractivity contribution < 1.29 is 14.7 Å². The van der Waals surface area contributed by atoms with Gasteiger partial charge in [0.25, 0.3) is 0 Å². The number of aliphatic hydroxyl groups excluding tert-OH is 1. The minimum absolute atomic E-state index is 0.000566. The van der Waals surface area contributed by atoms with Crippen molar-refractivity contribution in [1.82, 2.24) is 10.6 Å². The number of hydrogen-bond donors (Lipinski definition) is 3. The fourth-order valence-electron chi connectivity index (χ4n) is 2.27. The lowest BCUT2D eigenvalue weighted by Gasteiger charge is -2.28. The Morgan fingerprint density at radius 3 is 2.45 bits per heavy atom. The van der Waals surface area contributed by atoms with E-state index in [0.29, 0.717) is 19.4 Å². The molecule has 2 unspecified atom stereocenters. The van der Waals surface area contributed by atoms with Crippen LogP contribution in [0.25, 0.3) is 0 Å². The first-order valence-corrected chi connectivity index (χ1v) is 7.56. The van der Waals surface area contributed by atoms with Crippen molar-refractivity contribution in [3.05, 3.63) is 0 Å². The second-order valence-corrected chi connectivity index (χ2v) is 6.64. The highest BCUT2D eigenvalue weighted by molar-refractivity contribution is 5.81. The standard InChI is InChI=1S/C15H28N2O3/c1-15(2,3)14(20)16-10-6-9-13(19)17-11-7-4-5-8-12(11)18/h11-12,18H,4-10H2,1-3H3,(H,16,20)(H,17,19). The van der Waals surface area contributed by atoms with Gasteiger partial charge < -0.3 is 15.7 Å². The van der Waals surface area contributed by atoms with Crippen LogP contribution in [0.4, 0.5) is 0 Å². The molecule has 0 aliphatic heterocycles. The molecule has 3 N–H and O–H groups in total. The van der Waals surface area contributed by atoms with Crippen LogP contribution in [0.1, 0.15) is 59.3 Å². The van der Waals surface area contributed by atoms with Crippen molar-refractivity contribution in [3.63, 3.8) is 0 Å². The predicted octanol–water partition coefficient (Wildman–Crippen LogP) is 1.35. The normalized spacial score (nSPS) is 23.2. The topological polar surface area (TPSA) is 78.4 Å². The van der Waals surface area contributed by atoms with E-state index in [1.165, 1.54) is 0 Å². The first kappa shape index (κ1) is 17.0. The van der Waals surface area contributed by atoms with Crippen LogP contribution in [0.5, 0.6) is 0 Å². The largest absolute Gasteiger partial charge is 0.391 e. The van der Waals surface area contributed by atoms with Gasteiger partial charge in [-0.15, -0.1) is 0 Å². The molecular weight excluding hydrogens is 256 g/mol. The Kier molecular flexibility index (Phi) is 6.46. The maximum Gasteiger partial charge on any atom is 0.225 e. The molecule has 0 aromatic rings. The van der Waals surface area contributed by atoms with Crippen LogP contribution in [0.15, 0.2) is 0 Å². The van der Waals surface area contributed by atoms with Gasteiger partial charge in [-0.2, -0.15) is 0 Å². The molecule has 0 aromatic carbocycles. The van der Waals surface area contributed by atoms with Gasteiger partial charge in [-0.1, -0.05) is 33.6 Å². The van der Waals surface area contributed by atoms with Crippen LogP contribution >= 0.6 is 0 Å². The summed E-state index contributed by atoms with van der Waals surface area (Å²) in [5, 5.41) is 15.5. The molecular formula is C15H28N2O3. The molecule has 0 bridgehead atoms. The molecule has 116 valence electrons. The monoisotopic (exact) mass is 284 g/mol. The summed E-state index contributed by atoms with van der Waals surface area (Å²) in [6.45, 7) is 6.09. The third-order valence-corrected chi connectivity index (χ3v) is 3.62. The summed E-state index contributed by atoms with van der Waals surface area (Å²) >= 11 is 0. The summed E-state index contributed by atoms with van der Waals surface area (Å²) in [5.74, 6) is -0.0402. The van der Waals surface area contributed by atoms with Crippen LogP contribution in [0.2, 0.25) is 0 Å². The zero-order valence-electron chi connectivity index (χ0n) is 12.9. The third-order valence-electron chi connectivity index (χ3n) is 3.62. The molecule has 5 nitrogen and oxygen atoms in total. The van der Waals surface area contributed by atoms with Gasteiger partial charge in [0.05, 0.1) is 12.1 Å². The van der Waals surface area contributed by atoms with E-state index < -0.39 is 11.5 Å². The molecule has 2 atom stereocenters. The Bertz CT molecular complexity index is 337. The summed E-state index contributed by atoms with van der Waals surface area (Å²) in [6, 6.07) is -0.0968. The second kappa shape index (κ2) is 7.62. The van der Waals surface area contributed by atoms with E-state index >= 15 is 0 Å². The van der Waals surface area contributed by atoms with Crippen LogP contribution in [0.3, 0.4) is 0 Å². The maximum absolute atomic E-state index is 11.8. The Hall–Kier alpha value is -1.10. The van der Waals surface area contributed by atoms with Gasteiger partial charge in [-0.3, -0.25) is 9.59 Å². The number of carbonyl (C=O) groups excluding carboxylic acids is 2. The van der Waals surface area contributed by atoms with E-state index in [-0.39, 0.29) is 17.9 Å². The highest BCUT2D eigenvalue weighted by Gasteiger charge is 2.24. The summed E-state index contributed by atoms with van der Waals surface area (Å²) in [7, 11) is 0. The number of carbonyl (C=O) groups is 2. The lowest BCUT2D eigenvalue weighted by atomic mass is 9.92. The maximum atomic E-state index is 11.8. The smallest absolute Gasteiger partial charge is 0.225 e. The average Bonchev–Trinajstić information content (AvgIpc) is 2.36. The number of aliphatic hydroxyl groups is 1. The zero-order valence-corrected chi connectivity index (χ0v) is 12.9. The summed E-state index contributed by atoms with van der Waals surface area (Å²) < 4.78 is 0. The van der Waals surface area contributed by atoms with Crippen molar-refractivity contribution in [1.29, 1.82) is 0 Å². The molecule has 1 saturated carbocycles. The molecule has 0 heterocycles. The van der Waals surface area contributed by atoms with Gasteiger partial charge in [0.1, 0.15) is 0 Å². The summed E-state index contributed by atoms with van der Waals surface area (Å²) in [6.07, 6.45) is 4.31. The fraction of sp³-hybridized carbons (Fsp3) is 0.867. The predicted molar refractivity (Wildman–Crippen MR) is 78.1 cm³/mol. The Morgan fingerprint density at radius 1 is 1.20 bits per heavy atom. The molecule has 0 saturated heterocycles. The summed E-state index contributed by atoms with van der Waals surface area (Å²) in [4.78, 5) is 23.4. The van der Waals surface area contributed by atoms with Gasteiger partial charge in [0, 0.05) is 18.4 Å². The second-order valence-electron chi connectivity index (χ2n) is 6.64. The van der Waals surface area contributed by atoms with E-state index in [2.05, 4.69) is 10.6 Å². The number of hydrogen-bond acceptors (Lipinski definition) is 3. The van der Waals surface area contributed by atoms with E-state index in [9.17, 15) is 14.7 Å². The summed E-state index contributed by atoms with van der Waals surface area (Å²) in [5.41, 5.74) is -0.394. The minimum atomic E-state index is -0.409. The van der Waals surface area contributed by atoms with Gasteiger partial charge >= 0.3 is 0 Å². The number of amides is 2. The number of rotatable bonds is 5. The van der Waals surface area contributed by atoms with E-state index in [4.69, 9.17) is 0 Å². The van der Waals surface area contributed by atoms with Crippen molar-refractivity contribution in [3.8, 4) is 0 Å². The van der Waals surface area contributed by atoms with Crippen molar-refractivity contribution in [2.24, 2.45) is 5.41 Å². The fourth-order valence-corrected chi connectivity index (χ4v) is 2.27. The van der Waals surface area contributed by atoms with Crippen molar-refractivity contribution in [2.45, 2.75) is 71.4 Å². The van der Waals surface area contributed by atoms with Gasteiger partial charge in [-0.25, -0.2) is 0 Å². The lowest BCUT2D eigenvalue weighted by molar-refractivity contribution is -0.129. The van der Waals surface area contributed by atoms with E-state index in [0.717, 1.165) is 25.7 Å². The molecule has 1 fully saturated rings. The van der Waals surface area contributed by atoms with Crippen LogP contribution in [0, 0.1) is 5.41 Å². The van der Waals surface area contributed by atoms with Crippen molar-refractivity contribution in [2.75, 3.05) is 6.54 Å². The molecule has 1 aliphatic carbocycles. The van der Waals surface area contributed by atoms with Gasteiger partial charge in [-0.05, 0) is 19.3 Å². The minimum Gasteiger partial charge on any atom is -0.391 e. The van der Waals surface area contributed by atoms with Crippen LogP contribution < -0.4 is 10.6 Å². The van der Waals surface area contributed by atoms with E-state index in [1.54, 1.807) is 0 Å². The lowest BCUT2D eigenvalue weighted by Crippen LogP contribution is -2.45. The zero-order chi connectivity index (χ0) is 15.2. The molecule has 0 aromatic heterocycles. The third kappa shape index (κ3) is 5.90. The molecule has 0 spiro atoms. The highest BCUT2D eigenvalue weighted by atomic mass is 16.3. The quantitative estimate of drug-likeness (QED) is 0.667. The van der Waals surface area contributed by atoms with Crippen molar-refractivity contribution >= 4 is 11.8 Å². The SMILES string of the molecule is CC(C)(C)C(=O)NCCCC(=O)NC1CCCCC1O. The molecule has 20 heavy (non-hydrogen) atoms. The first-order valence-electron chi connectivity index (χ1n) is 7.56. The molecule has 0 radical (unpaired) electrons. The van der Waals surface area contributed by atoms with E-state index in [1.807, 2.05) is 20.8 Å². The van der Waals surface area contributed by atoms with Crippen LogP contribution in [-0.4, -0.2) is 35.6 Å². The highest BCUT2D eigenvalue weighted by Crippen LogP contribution is 2.18. The van der Waals surface area contributed by atoms with Gasteiger partial charge in [0.2, 0.25) is 11.8 Å². The van der Waals surface area contributed by atoms with Crippen LogP contribution in [-0.2, 0) is 9.59 Å². The number of nitrogens with one attached hydrogen (secondary N) is 2. The Morgan fingerprint density at radius 2 is 1.85 bits per heavy atom. The Labute approximate surface area is 121 Å².